The van der Waals surface area contributed by atoms with Crippen molar-refractivity contribution < 1.29 is 47.9 Å². The first kappa shape index (κ1) is 10.1. The van der Waals surface area contributed by atoms with E-state index < -0.39 is 7.82 Å². The molecule has 0 saturated heterocycles. The molecule has 0 aliphatic rings. The third-order valence-corrected chi connectivity index (χ3v) is 0. The van der Waals surface area contributed by atoms with Gasteiger partial charge in [0.05, 0.1) is 0 Å². The Morgan fingerprint density at radius 3 is 1.33 bits per heavy atom. The zero-order valence-corrected chi connectivity index (χ0v) is 5.47. The van der Waals surface area contributed by atoms with Crippen LogP contribution < -0.4 is 0 Å². The third kappa shape index (κ3) is 82.1. The summed E-state index contributed by atoms with van der Waals surface area (Å²) in [5, 5.41) is 0. The smallest absolute Gasteiger partial charge is 0.303 e. The maximum Gasteiger partial charge on any atom is 1.00 e. The monoisotopic (exact) mass is 145 g/mol. The minimum Gasteiger partial charge on any atom is -0.303 e. The van der Waals surface area contributed by atoms with Gasteiger partial charge in [0, 0.05) is 25.8 Å². The van der Waals surface area contributed by atoms with Crippen LogP contribution in [0.4, 0.5) is 0 Å². The van der Waals surface area contributed by atoms with E-state index in [-0.39, 0.29) is 28.7 Å². The predicted octanol–water partition coefficient (Wildman–Crippen LogP) is -0.706. The number of phosphoric acid groups is 1. The van der Waals surface area contributed by atoms with E-state index in [2.05, 4.69) is 0 Å². The molecule has 0 bridgehead atoms. The van der Waals surface area contributed by atoms with Gasteiger partial charge in [-0.25, -0.2) is 4.57 Å². The molecule has 0 aliphatic heterocycles. The predicted molar refractivity (Wildman–Crippen MR) is 16.5 cm³/mol. The summed E-state index contributed by atoms with van der Waals surface area (Å²) in [7, 11) is -4.64. The molecule has 3 N–H and O–H groups in total. The van der Waals surface area contributed by atoms with Gasteiger partial charge >= 0.3 is 10.7 Å². The molecule has 4 nitrogen and oxygen atoms in total. The van der Waals surface area contributed by atoms with E-state index in [0.29, 0.717) is 0 Å². The molecule has 0 atom stereocenters. The van der Waals surface area contributed by atoms with Crippen LogP contribution in [0.1, 0.15) is 2.85 Å². The molecule has 0 aromatic heterocycles. The quantitative estimate of drug-likeness (QED) is 0.393. The van der Waals surface area contributed by atoms with Crippen molar-refractivity contribution in [3.8, 4) is 0 Å². The van der Waals surface area contributed by atoms with E-state index in [1.54, 1.807) is 0 Å². The Morgan fingerprint density at radius 1 is 1.33 bits per heavy atom. The second-order valence-corrected chi connectivity index (χ2v) is 1.54. The second-order valence-electron chi connectivity index (χ2n) is 0.513. The molecular formula is H5O4PSc+2. The molecule has 0 amide bonds. The molecule has 6 heteroatoms. The van der Waals surface area contributed by atoms with Crippen molar-refractivity contribution in [3.05, 3.63) is 0 Å². The standard InChI is InChI=1S/H3O4P.Sc/c1-5(2,3)4;/h(H3,1,2,3,4);/p+2. The number of hydrogen-bond donors (Lipinski definition) is 3. The van der Waals surface area contributed by atoms with Crippen LogP contribution in [0.15, 0.2) is 0 Å². The summed E-state index contributed by atoms with van der Waals surface area (Å²) in [6.07, 6.45) is 0. The van der Waals surface area contributed by atoms with Crippen molar-refractivity contribution in [3.63, 3.8) is 0 Å². The molecule has 0 fully saturated rings. The fourth-order valence-electron chi connectivity index (χ4n) is 0. The average Bonchev–Trinajstić information content (AvgIpc) is 0.722. The first-order valence-electron chi connectivity index (χ1n) is 0.783. The summed E-state index contributed by atoms with van der Waals surface area (Å²) in [6.45, 7) is 0. The molecular weight excluding hydrogens is 140 g/mol. The van der Waals surface area contributed by atoms with Crippen molar-refractivity contribution in [1.29, 1.82) is 0 Å². The van der Waals surface area contributed by atoms with Gasteiger partial charge in [-0.05, 0) is 0 Å². The van der Waals surface area contributed by atoms with Crippen LogP contribution in [-0.4, -0.2) is 14.7 Å². The van der Waals surface area contributed by atoms with Gasteiger partial charge in [-0.1, -0.05) is 0 Å². The minimum absolute atomic E-state index is 0. The van der Waals surface area contributed by atoms with Gasteiger partial charge in [-0.2, -0.15) is 0 Å². The van der Waals surface area contributed by atoms with Crippen molar-refractivity contribution in [2.24, 2.45) is 0 Å². The fraction of sp³-hybridized carbons (Fsp3) is 0. The largest absolute Gasteiger partial charge is 1.00 e. The van der Waals surface area contributed by atoms with Crippen molar-refractivity contribution >= 4 is 7.82 Å². The second kappa shape index (κ2) is 3.04. The first-order valence-corrected chi connectivity index (χ1v) is 2.35. The Kier molecular flexibility index (Phi) is 5.11. The van der Waals surface area contributed by atoms with E-state index in [0.717, 1.165) is 0 Å². The zero-order valence-electron chi connectivity index (χ0n) is 4.77. The molecule has 0 spiro atoms. The maximum absolute atomic E-state index is 8.88. The van der Waals surface area contributed by atoms with Crippen LogP contribution in [0.2, 0.25) is 0 Å². The molecule has 0 aromatic rings. The van der Waals surface area contributed by atoms with Gasteiger partial charge in [-0.15, -0.1) is 0 Å². The van der Waals surface area contributed by atoms with Crippen molar-refractivity contribution in [2.45, 2.75) is 0 Å². The van der Waals surface area contributed by atoms with E-state index in [4.69, 9.17) is 19.2 Å². The molecule has 0 saturated carbocycles. The molecule has 0 unspecified atom stereocenters. The first-order chi connectivity index (χ1) is 2.00. The average molecular weight is 145 g/mol. The molecule has 0 heterocycles. The molecule has 0 aliphatic carbocycles. The van der Waals surface area contributed by atoms with Crippen LogP contribution in [0.5, 0.6) is 0 Å². The van der Waals surface area contributed by atoms with Gasteiger partial charge in [0.15, 0.2) is 0 Å². The van der Waals surface area contributed by atoms with Crippen LogP contribution in [0, 0.1) is 0 Å². The number of rotatable bonds is 0. The maximum atomic E-state index is 8.88. The molecule has 6 heavy (non-hydrogen) atoms. The zero-order chi connectivity index (χ0) is 4.50. The molecule has 1 radical (unpaired) electrons. The van der Waals surface area contributed by atoms with Crippen LogP contribution in [0.25, 0.3) is 0 Å². The van der Waals surface area contributed by atoms with Crippen LogP contribution >= 0.6 is 7.82 Å². The summed E-state index contributed by atoms with van der Waals surface area (Å²) in [4.78, 5) is 21.6. The Bertz CT molecular complexity index is 60.2. The number of hydrogen-bond acceptors (Lipinski definition) is 1. The molecule has 0 aromatic carbocycles. The van der Waals surface area contributed by atoms with Gasteiger partial charge in [0.1, 0.15) is 0 Å². The van der Waals surface area contributed by atoms with Gasteiger partial charge in [-0.3, -0.25) is 0 Å². The summed E-state index contributed by atoms with van der Waals surface area (Å²) < 4.78 is 8.88. The van der Waals surface area contributed by atoms with E-state index >= 15 is 0 Å². The molecule has 0 rings (SSSR count). The van der Waals surface area contributed by atoms with Crippen LogP contribution in [-0.2, 0) is 30.4 Å². The fourth-order valence-corrected chi connectivity index (χ4v) is 0. The van der Waals surface area contributed by atoms with E-state index in [1.807, 2.05) is 0 Å². The SMILES string of the molecule is O=P(O)(O)O.[H+].[H+].[Sc]. The molecule has 35 valence electrons. The van der Waals surface area contributed by atoms with E-state index in [1.165, 1.54) is 0 Å². The topological polar surface area (TPSA) is 77.8 Å². The van der Waals surface area contributed by atoms with Crippen molar-refractivity contribution in [1.82, 2.24) is 0 Å². The van der Waals surface area contributed by atoms with Gasteiger partial charge in [0.25, 0.3) is 0 Å². The van der Waals surface area contributed by atoms with Crippen molar-refractivity contribution in [2.75, 3.05) is 0 Å². The van der Waals surface area contributed by atoms with E-state index in [9.17, 15) is 0 Å². The Morgan fingerprint density at radius 2 is 1.33 bits per heavy atom. The van der Waals surface area contributed by atoms with Gasteiger partial charge < -0.3 is 14.7 Å². The minimum atomic E-state index is -4.64. The summed E-state index contributed by atoms with van der Waals surface area (Å²) >= 11 is 0. The summed E-state index contributed by atoms with van der Waals surface area (Å²) in [5.74, 6) is 0. The van der Waals surface area contributed by atoms with Crippen LogP contribution in [0.3, 0.4) is 0 Å². The summed E-state index contributed by atoms with van der Waals surface area (Å²) in [6, 6.07) is 0. The Balaban J connectivity index is -0.0000000267. The Hall–Kier alpha value is 0.980. The Labute approximate surface area is 56.2 Å². The third-order valence-electron chi connectivity index (χ3n) is 0. The van der Waals surface area contributed by atoms with Gasteiger partial charge in [0.2, 0.25) is 0 Å². The summed E-state index contributed by atoms with van der Waals surface area (Å²) in [5.41, 5.74) is 0. The normalized spacial score (nSPS) is 9.83.